The minimum Gasteiger partial charge on any atom is -0.388 e. The molecular weight excluding hydrogens is 297 g/mol. The maximum absolute atomic E-state index is 12.8. The van der Waals surface area contributed by atoms with Gasteiger partial charge in [0.05, 0.1) is 11.7 Å². The number of alkyl halides is 3. The van der Waals surface area contributed by atoms with Crippen molar-refractivity contribution in [1.29, 1.82) is 0 Å². The second-order valence-electron chi connectivity index (χ2n) is 4.06. The number of halogens is 4. The summed E-state index contributed by atoms with van der Waals surface area (Å²) < 4.78 is 38.8. The third kappa shape index (κ3) is 3.45. The molecule has 96 valence electrons. The van der Waals surface area contributed by atoms with E-state index in [1.807, 2.05) is 6.92 Å². The van der Waals surface area contributed by atoms with Crippen molar-refractivity contribution in [3.8, 4) is 0 Å². The van der Waals surface area contributed by atoms with Crippen LogP contribution in [0, 0.1) is 5.92 Å². The van der Waals surface area contributed by atoms with Gasteiger partial charge in [0.1, 0.15) is 0 Å². The molecule has 2 atom stereocenters. The Labute approximate surface area is 107 Å². The van der Waals surface area contributed by atoms with E-state index in [0.717, 1.165) is 6.07 Å². The summed E-state index contributed by atoms with van der Waals surface area (Å²) in [7, 11) is 0. The smallest absolute Gasteiger partial charge is 0.388 e. The van der Waals surface area contributed by atoms with Crippen molar-refractivity contribution in [3.05, 3.63) is 33.8 Å². The Morgan fingerprint density at radius 1 is 1.35 bits per heavy atom. The monoisotopic (exact) mass is 310 g/mol. The van der Waals surface area contributed by atoms with E-state index in [1.165, 1.54) is 12.1 Å². The fraction of sp³-hybridized carbons (Fsp3) is 0.500. The lowest BCUT2D eigenvalue weighted by molar-refractivity contribution is -0.139. The standard InChI is InChI=1S/C12H14BrF3O/c1-3-7(2)11(17)9-5-4-8(13)6-10(9)12(14,15)16/h4-7,11,17H,3H2,1-2H3. The molecule has 0 saturated heterocycles. The van der Waals surface area contributed by atoms with Gasteiger partial charge in [0.25, 0.3) is 0 Å². The quantitative estimate of drug-likeness (QED) is 0.868. The van der Waals surface area contributed by atoms with Gasteiger partial charge in [0.15, 0.2) is 0 Å². The summed E-state index contributed by atoms with van der Waals surface area (Å²) in [5, 5.41) is 9.91. The largest absolute Gasteiger partial charge is 0.416 e. The first-order valence-electron chi connectivity index (χ1n) is 5.32. The normalized spacial score (nSPS) is 15.7. The molecule has 0 bridgehead atoms. The molecule has 1 nitrogen and oxygen atoms in total. The molecule has 2 unspecified atom stereocenters. The third-order valence-electron chi connectivity index (χ3n) is 2.82. The summed E-state index contributed by atoms with van der Waals surface area (Å²) in [5.74, 6) is -0.211. The first-order chi connectivity index (χ1) is 7.77. The maximum atomic E-state index is 12.8. The molecule has 1 N–H and O–H groups in total. The molecule has 0 aliphatic rings. The molecule has 1 rings (SSSR count). The number of aliphatic hydroxyl groups excluding tert-OH is 1. The third-order valence-corrected chi connectivity index (χ3v) is 3.32. The lowest BCUT2D eigenvalue weighted by Gasteiger charge is -2.22. The van der Waals surface area contributed by atoms with Gasteiger partial charge < -0.3 is 5.11 Å². The van der Waals surface area contributed by atoms with Crippen LogP contribution in [0.25, 0.3) is 0 Å². The molecule has 0 fully saturated rings. The van der Waals surface area contributed by atoms with E-state index >= 15 is 0 Å². The molecule has 0 saturated carbocycles. The summed E-state index contributed by atoms with van der Waals surface area (Å²) in [6, 6.07) is 3.83. The van der Waals surface area contributed by atoms with Crippen LogP contribution in [0.1, 0.15) is 37.5 Å². The molecule has 0 radical (unpaired) electrons. The fourth-order valence-electron chi connectivity index (χ4n) is 1.56. The van der Waals surface area contributed by atoms with E-state index in [0.29, 0.717) is 10.9 Å². The Morgan fingerprint density at radius 3 is 2.41 bits per heavy atom. The Kier molecular flexibility index (Phi) is 4.61. The van der Waals surface area contributed by atoms with Crippen molar-refractivity contribution < 1.29 is 18.3 Å². The molecule has 0 heterocycles. The average Bonchev–Trinajstić information content (AvgIpc) is 2.25. The van der Waals surface area contributed by atoms with E-state index in [4.69, 9.17) is 0 Å². The predicted molar refractivity (Wildman–Crippen MR) is 63.6 cm³/mol. The van der Waals surface area contributed by atoms with Crippen molar-refractivity contribution in [1.82, 2.24) is 0 Å². The molecule has 17 heavy (non-hydrogen) atoms. The summed E-state index contributed by atoms with van der Waals surface area (Å²) >= 11 is 3.01. The van der Waals surface area contributed by atoms with E-state index in [2.05, 4.69) is 15.9 Å². The van der Waals surface area contributed by atoms with Crippen molar-refractivity contribution in [3.63, 3.8) is 0 Å². The lowest BCUT2D eigenvalue weighted by atomic mass is 9.92. The van der Waals surface area contributed by atoms with Gasteiger partial charge in [0.2, 0.25) is 0 Å². The predicted octanol–water partition coefficient (Wildman–Crippen LogP) is 4.55. The molecule has 1 aromatic rings. The van der Waals surface area contributed by atoms with Gasteiger partial charge in [-0.25, -0.2) is 0 Å². The van der Waals surface area contributed by atoms with Crippen LogP contribution >= 0.6 is 15.9 Å². The van der Waals surface area contributed by atoms with E-state index in [-0.39, 0.29) is 11.5 Å². The molecule has 5 heteroatoms. The van der Waals surface area contributed by atoms with Crippen molar-refractivity contribution >= 4 is 15.9 Å². The fourth-order valence-corrected chi connectivity index (χ4v) is 1.92. The van der Waals surface area contributed by atoms with Gasteiger partial charge in [-0.15, -0.1) is 0 Å². The highest BCUT2D eigenvalue weighted by atomic mass is 79.9. The average molecular weight is 311 g/mol. The zero-order chi connectivity index (χ0) is 13.2. The van der Waals surface area contributed by atoms with Crippen molar-refractivity contribution in [2.24, 2.45) is 5.92 Å². The molecular formula is C12H14BrF3O. The Hall–Kier alpha value is -0.550. The summed E-state index contributed by atoms with van der Waals surface area (Å²) in [5.41, 5.74) is -0.838. The highest BCUT2D eigenvalue weighted by Crippen LogP contribution is 2.38. The van der Waals surface area contributed by atoms with Gasteiger partial charge in [-0.3, -0.25) is 0 Å². The van der Waals surface area contributed by atoms with Gasteiger partial charge in [0, 0.05) is 4.47 Å². The van der Waals surface area contributed by atoms with Crippen LogP contribution in [0.3, 0.4) is 0 Å². The minimum atomic E-state index is -4.45. The molecule has 1 aromatic carbocycles. The Balaban J connectivity index is 3.24. The van der Waals surface area contributed by atoms with Gasteiger partial charge in [-0.2, -0.15) is 13.2 Å². The Bertz CT molecular complexity index is 390. The van der Waals surface area contributed by atoms with E-state index < -0.39 is 17.8 Å². The number of hydrogen-bond donors (Lipinski definition) is 1. The van der Waals surface area contributed by atoms with Gasteiger partial charge >= 0.3 is 6.18 Å². The molecule has 0 spiro atoms. The van der Waals surface area contributed by atoms with Gasteiger partial charge in [-0.1, -0.05) is 42.3 Å². The van der Waals surface area contributed by atoms with Crippen LogP contribution in [-0.4, -0.2) is 5.11 Å². The van der Waals surface area contributed by atoms with E-state index in [1.54, 1.807) is 6.92 Å². The number of benzene rings is 1. The SMILES string of the molecule is CCC(C)C(O)c1ccc(Br)cc1C(F)(F)F. The second kappa shape index (κ2) is 5.40. The zero-order valence-corrected chi connectivity index (χ0v) is 11.1. The van der Waals surface area contributed by atoms with Crippen LogP contribution < -0.4 is 0 Å². The van der Waals surface area contributed by atoms with Gasteiger partial charge in [-0.05, 0) is 23.6 Å². The lowest BCUT2D eigenvalue weighted by Crippen LogP contribution is -2.16. The summed E-state index contributed by atoms with van der Waals surface area (Å²) in [6.45, 7) is 3.56. The van der Waals surface area contributed by atoms with Crippen molar-refractivity contribution in [2.45, 2.75) is 32.5 Å². The second-order valence-corrected chi connectivity index (χ2v) is 4.98. The molecule has 0 amide bonds. The molecule has 0 aliphatic carbocycles. The summed E-state index contributed by atoms with van der Waals surface area (Å²) in [6.07, 6.45) is -4.92. The minimum absolute atomic E-state index is 0.0601. The van der Waals surface area contributed by atoms with Crippen LogP contribution in [0.4, 0.5) is 13.2 Å². The van der Waals surface area contributed by atoms with Crippen LogP contribution in [0.15, 0.2) is 22.7 Å². The maximum Gasteiger partial charge on any atom is 0.416 e. The zero-order valence-electron chi connectivity index (χ0n) is 9.55. The van der Waals surface area contributed by atoms with Crippen LogP contribution in [0.5, 0.6) is 0 Å². The number of aliphatic hydroxyl groups is 1. The number of hydrogen-bond acceptors (Lipinski definition) is 1. The first-order valence-corrected chi connectivity index (χ1v) is 6.11. The highest BCUT2D eigenvalue weighted by molar-refractivity contribution is 9.10. The van der Waals surface area contributed by atoms with E-state index in [9.17, 15) is 18.3 Å². The number of rotatable bonds is 3. The van der Waals surface area contributed by atoms with Crippen molar-refractivity contribution in [2.75, 3.05) is 0 Å². The first kappa shape index (κ1) is 14.5. The summed E-state index contributed by atoms with van der Waals surface area (Å²) in [4.78, 5) is 0. The van der Waals surface area contributed by atoms with Crippen LogP contribution in [0.2, 0.25) is 0 Å². The molecule has 0 aliphatic heterocycles. The van der Waals surface area contributed by atoms with Crippen LogP contribution in [-0.2, 0) is 6.18 Å². The highest BCUT2D eigenvalue weighted by Gasteiger charge is 2.35. The Morgan fingerprint density at radius 2 is 1.94 bits per heavy atom. The molecule has 0 aromatic heterocycles. The topological polar surface area (TPSA) is 20.2 Å².